The van der Waals surface area contributed by atoms with Crippen LogP contribution in [-0.4, -0.2) is 11.4 Å². The van der Waals surface area contributed by atoms with E-state index in [1.807, 2.05) is 20.8 Å². The number of nitrogens with one attached hydrogen (secondary N) is 1. The molecule has 1 atom stereocenters. The fraction of sp³-hybridized carbons (Fsp3) is 0.643. The normalized spacial score (nSPS) is 13.4. The van der Waals surface area contributed by atoms with Gasteiger partial charge in [0.2, 0.25) is 5.91 Å². The predicted molar refractivity (Wildman–Crippen MR) is 77.9 cm³/mol. The third-order valence-corrected chi connectivity index (χ3v) is 4.59. The minimum Gasteiger partial charge on any atom is -0.348 e. The van der Waals surface area contributed by atoms with E-state index in [1.165, 1.54) is 15.3 Å². The first-order valence-electron chi connectivity index (χ1n) is 6.50. The highest BCUT2D eigenvalue weighted by molar-refractivity contribution is 7.12. The molecule has 0 aliphatic rings. The lowest BCUT2D eigenvalue weighted by Gasteiger charge is -2.27. The first-order chi connectivity index (χ1) is 8.34. The molecule has 0 aromatic carbocycles. The van der Waals surface area contributed by atoms with E-state index in [0.717, 1.165) is 0 Å². The summed E-state index contributed by atoms with van der Waals surface area (Å²) in [4.78, 5) is 14.7. The van der Waals surface area contributed by atoms with Gasteiger partial charge in [0.15, 0.2) is 0 Å². The third kappa shape index (κ3) is 3.12. The molecule has 1 unspecified atom stereocenters. The fourth-order valence-corrected chi connectivity index (χ4v) is 3.09. The van der Waals surface area contributed by atoms with Gasteiger partial charge in [-0.1, -0.05) is 13.8 Å². The molecule has 0 aliphatic heterocycles. The van der Waals surface area contributed by atoms with E-state index in [1.54, 1.807) is 11.3 Å². The van der Waals surface area contributed by atoms with E-state index in [4.69, 9.17) is 5.73 Å². The maximum atomic E-state index is 12.2. The number of hydrogen-bond donors (Lipinski definition) is 2. The molecule has 0 saturated carbocycles. The molecule has 0 saturated heterocycles. The molecule has 4 heteroatoms. The van der Waals surface area contributed by atoms with Crippen LogP contribution >= 0.6 is 11.3 Å². The van der Waals surface area contributed by atoms with Crippen LogP contribution in [0.4, 0.5) is 0 Å². The molecular formula is C14H24N2OS. The molecule has 0 radical (unpaired) electrons. The molecule has 0 aliphatic carbocycles. The largest absolute Gasteiger partial charge is 0.348 e. The first kappa shape index (κ1) is 15.2. The van der Waals surface area contributed by atoms with E-state index < -0.39 is 5.54 Å². The molecule has 1 amide bonds. The number of nitrogens with two attached hydrogens (primary N) is 1. The molecule has 1 aromatic heterocycles. The molecule has 0 bridgehead atoms. The number of amides is 1. The Morgan fingerprint density at radius 1 is 1.44 bits per heavy atom. The fourth-order valence-electron chi connectivity index (χ4n) is 2.07. The second kappa shape index (κ2) is 5.85. The van der Waals surface area contributed by atoms with Crippen molar-refractivity contribution in [1.82, 2.24) is 5.32 Å². The van der Waals surface area contributed by atoms with Crippen LogP contribution in [0.1, 0.15) is 55.0 Å². The average molecular weight is 268 g/mol. The van der Waals surface area contributed by atoms with Crippen molar-refractivity contribution < 1.29 is 4.79 Å². The Balaban J connectivity index is 2.79. The topological polar surface area (TPSA) is 55.1 Å². The zero-order valence-corrected chi connectivity index (χ0v) is 12.8. The van der Waals surface area contributed by atoms with Crippen molar-refractivity contribution in [3.8, 4) is 0 Å². The summed E-state index contributed by atoms with van der Waals surface area (Å²) < 4.78 is 0. The summed E-state index contributed by atoms with van der Waals surface area (Å²) in [7, 11) is 0. The van der Waals surface area contributed by atoms with Crippen LogP contribution < -0.4 is 11.1 Å². The SMILES string of the molecule is CCC(N)(CC)C(=O)NC(C)c1cc(C)sc1C. The van der Waals surface area contributed by atoms with Gasteiger partial charge in [-0.05, 0) is 45.2 Å². The lowest BCUT2D eigenvalue weighted by atomic mass is 9.92. The number of carbonyl (C=O) groups excluding carboxylic acids is 1. The molecule has 102 valence electrons. The third-order valence-electron chi connectivity index (χ3n) is 3.61. The lowest BCUT2D eigenvalue weighted by Crippen LogP contribution is -2.53. The standard InChI is InChI=1S/C14H24N2OS/c1-6-14(15,7-2)13(17)16-10(4)12-8-9(3)18-11(12)5/h8,10H,6-7,15H2,1-5H3,(H,16,17). The Hall–Kier alpha value is -0.870. The minimum absolute atomic E-state index is 0.0171. The van der Waals surface area contributed by atoms with Crippen LogP contribution in [-0.2, 0) is 4.79 Å². The van der Waals surface area contributed by atoms with Crippen LogP contribution in [0, 0.1) is 13.8 Å². The van der Waals surface area contributed by atoms with Crippen molar-refractivity contribution in [2.75, 3.05) is 0 Å². The second-order valence-corrected chi connectivity index (χ2v) is 6.39. The van der Waals surface area contributed by atoms with Gasteiger partial charge >= 0.3 is 0 Å². The lowest BCUT2D eigenvalue weighted by molar-refractivity contribution is -0.127. The van der Waals surface area contributed by atoms with Crippen molar-refractivity contribution >= 4 is 17.2 Å². The van der Waals surface area contributed by atoms with Gasteiger partial charge in [0, 0.05) is 9.75 Å². The molecular weight excluding hydrogens is 244 g/mol. The van der Waals surface area contributed by atoms with Crippen molar-refractivity contribution in [1.29, 1.82) is 0 Å². The molecule has 3 N–H and O–H groups in total. The highest BCUT2D eigenvalue weighted by Gasteiger charge is 2.31. The van der Waals surface area contributed by atoms with Crippen LogP contribution in [0.3, 0.4) is 0 Å². The number of thiophene rings is 1. The summed E-state index contributed by atoms with van der Waals surface area (Å²) in [5, 5.41) is 3.04. The smallest absolute Gasteiger partial charge is 0.240 e. The molecule has 3 nitrogen and oxygen atoms in total. The summed E-state index contributed by atoms with van der Waals surface area (Å²) >= 11 is 1.76. The number of carbonyl (C=O) groups is 1. The zero-order chi connectivity index (χ0) is 13.9. The molecule has 1 rings (SSSR count). The summed E-state index contributed by atoms with van der Waals surface area (Å²) in [6, 6.07) is 2.16. The monoisotopic (exact) mass is 268 g/mol. The zero-order valence-electron chi connectivity index (χ0n) is 12.0. The Kier molecular flexibility index (Phi) is 4.93. The van der Waals surface area contributed by atoms with Crippen molar-refractivity contribution in [2.24, 2.45) is 5.73 Å². The van der Waals surface area contributed by atoms with Gasteiger partial charge in [-0.25, -0.2) is 0 Å². The van der Waals surface area contributed by atoms with Crippen molar-refractivity contribution in [2.45, 2.75) is 59.0 Å². The maximum absolute atomic E-state index is 12.2. The summed E-state index contributed by atoms with van der Waals surface area (Å²) in [6.45, 7) is 10.1. The summed E-state index contributed by atoms with van der Waals surface area (Å²) in [6.07, 6.45) is 1.31. The first-order valence-corrected chi connectivity index (χ1v) is 7.32. The van der Waals surface area contributed by atoms with E-state index in [0.29, 0.717) is 12.8 Å². The highest BCUT2D eigenvalue weighted by atomic mass is 32.1. The van der Waals surface area contributed by atoms with Gasteiger partial charge in [-0.3, -0.25) is 4.79 Å². The second-order valence-electron chi connectivity index (χ2n) is 4.93. The maximum Gasteiger partial charge on any atom is 0.240 e. The number of rotatable bonds is 5. The van der Waals surface area contributed by atoms with Gasteiger partial charge in [0.25, 0.3) is 0 Å². The van der Waals surface area contributed by atoms with E-state index in [9.17, 15) is 4.79 Å². The van der Waals surface area contributed by atoms with Crippen LogP contribution in [0.15, 0.2) is 6.07 Å². The Labute approximate surface area is 114 Å². The van der Waals surface area contributed by atoms with Gasteiger partial charge in [0.05, 0.1) is 11.6 Å². The molecule has 0 fully saturated rings. The predicted octanol–water partition coefficient (Wildman–Crippen LogP) is 3.06. The molecule has 1 aromatic rings. The highest BCUT2D eigenvalue weighted by Crippen LogP contribution is 2.26. The number of aryl methyl sites for hydroxylation is 2. The molecule has 18 heavy (non-hydrogen) atoms. The quantitative estimate of drug-likeness (QED) is 0.862. The summed E-state index contributed by atoms with van der Waals surface area (Å²) in [5.74, 6) is -0.0525. The van der Waals surface area contributed by atoms with Crippen LogP contribution in [0.2, 0.25) is 0 Å². The van der Waals surface area contributed by atoms with Gasteiger partial charge in [-0.2, -0.15) is 0 Å². The molecule has 0 spiro atoms. The average Bonchev–Trinajstić information content (AvgIpc) is 2.67. The molecule has 1 heterocycles. The van der Waals surface area contributed by atoms with Gasteiger partial charge in [-0.15, -0.1) is 11.3 Å². The van der Waals surface area contributed by atoms with E-state index in [-0.39, 0.29) is 11.9 Å². The Bertz CT molecular complexity index is 421. The summed E-state index contributed by atoms with van der Waals surface area (Å²) in [5.41, 5.74) is 6.55. The van der Waals surface area contributed by atoms with E-state index >= 15 is 0 Å². The van der Waals surface area contributed by atoms with Gasteiger partial charge < -0.3 is 11.1 Å². The van der Waals surface area contributed by atoms with Crippen LogP contribution in [0.25, 0.3) is 0 Å². The number of hydrogen-bond acceptors (Lipinski definition) is 3. The van der Waals surface area contributed by atoms with Crippen LogP contribution in [0.5, 0.6) is 0 Å². The van der Waals surface area contributed by atoms with Crippen molar-refractivity contribution in [3.05, 3.63) is 21.4 Å². The van der Waals surface area contributed by atoms with Gasteiger partial charge in [0.1, 0.15) is 0 Å². The Morgan fingerprint density at radius 3 is 2.39 bits per heavy atom. The minimum atomic E-state index is -0.743. The Morgan fingerprint density at radius 2 is 2.00 bits per heavy atom. The van der Waals surface area contributed by atoms with Crippen molar-refractivity contribution in [3.63, 3.8) is 0 Å². The van der Waals surface area contributed by atoms with E-state index in [2.05, 4.69) is 25.2 Å².